The van der Waals surface area contributed by atoms with Crippen LogP contribution in [0.25, 0.3) is 0 Å². The van der Waals surface area contributed by atoms with Crippen molar-refractivity contribution in [3.63, 3.8) is 0 Å². The summed E-state index contributed by atoms with van der Waals surface area (Å²) >= 11 is 8.87. The summed E-state index contributed by atoms with van der Waals surface area (Å²) < 4.78 is 28.1. The summed E-state index contributed by atoms with van der Waals surface area (Å²) in [4.78, 5) is 0. The third-order valence-electron chi connectivity index (χ3n) is 2.96. The molecule has 1 unspecified atom stereocenters. The Morgan fingerprint density at radius 3 is 2.50 bits per heavy atom. The summed E-state index contributed by atoms with van der Waals surface area (Å²) in [6.07, 6.45) is 0. The fraction of sp³-hybridized carbons (Fsp3) is 0.200. The standard InChI is InChI=1S/C15H13BrClF2N/c1-2-20-15(9-3-6-12(16)14(19)7-9)11-5-4-10(17)8-13(11)18/h3-8,15,20H,2H2,1H3. The maximum absolute atomic E-state index is 14.1. The molecule has 0 heterocycles. The van der Waals surface area contributed by atoms with Gasteiger partial charge in [-0.1, -0.05) is 30.7 Å². The van der Waals surface area contributed by atoms with E-state index in [1.54, 1.807) is 24.3 Å². The SMILES string of the molecule is CCNC(c1ccc(Br)c(F)c1)c1ccc(Cl)cc1F. The van der Waals surface area contributed by atoms with Gasteiger partial charge in [-0.05, 0) is 52.3 Å². The molecule has 0 spiro atoms. The van der Waals surface area contributed by atoms with Gasteiger partial charge in [0.15, 0.2) is 0 Å². The van der Waals surface area contributed by atoms with Crippen molar-refractivity contribution in [3.05, 3.63) is 68.7 Å². The molecule has 0 saturated carbocycles. The van der Waals surface area contributed by atoms with E-state index in [9.17, 15) is 8.78 Å². The normalized spacial score (nSPS) is 12.4. The molecule has 1 nitrogen and oxygen atoms in total. The zero-order valence-electron chi connectivity index (χ0n) is 10.8. The monoisotopic (exact) mass is 359 g/mol. The molecule has 0 fully saturated rings. The third kappa shape index (κ3) is 3.37. The zero-order valence-corrected chi connectivity index (χ0v) is 13.1. The highest BCUT2D eigenvalue weighted by Gasteiger charge is 2.18. The number of nitrogens with one attached hydrogen (secondary N) is 1. The fourth-order valence-corrected chi connectivity index (χ4v) is 2.44. The van der Waals surface area contributed by atoms with Gasteiger partial charge in [0.2, 0.25) is 0 Å². The van der Waals surface area contributed by atoms with Crippen LogP contribution in [0.2, 0.25) is 5.02 Å². The maximum Gasteiger partial charge on any atom is 0.137 e. The van der Waals surface area contributed by atoms with Gasteiger partial charge < -0.3 is 5.32 Å². The predicted octanol–water partition coefficient (Wildman–Crippen LogP) is 5.08. The highest BCUT2D eigenvalue weighted by Crippen LogP contribution is 2.28. The highest BCUT2D eigenvalue weighted by molar-refractivity contribution is 9.10. The first-order chi connectivity index (χ1) is 9.52. The van der Waals surface area contributed by atoms with Crippen molar-refractivity contribution in [2.75, 3.05) is 6.54 Å². The molecule has 20 heavy (non-hydrogen) atoms. The van der Waals surface area contributed by atoms with E-state index in [2.05, 4.69) is 21.2 Å². The Balaban J connectivity index is 2.47. The second kappa shape index (κ2) is 6.66. The van der Waals surface area contributed by atoms with Crippen molar-refractivity contribution >= 4 is 27.5 Å². The summed E-state index contributed by atoms with van der Waals surface area (Å²) in [5.41, 5.74) is 1.10. The van der Waals surface area contributed by atoms with Crippen LogP contribution in [0.4, 0.5) is 8.78 Å². The molecule has 0 saturated heterocycles. The van der Waals surface area contributed by atoms with Crippen LogP contribution in [0, 0.1) is 11.6 Å². The van der Waals surface area contributed by atoms with E-state index < -0.39 is 11.9 Å². The molecule has 0 aromatic heterocycles. The topological polar surface area (TPSA) is 12.0 Å². The number of benzene rings is 2. The second-order valence-corrected chi connectivity index (χ2v) is 5.62. The van der Waals surface area contributed by atoms with Crippen LogP contribution < -0.4 is 5.32 Å². The lowest BCUT2D eigenvalue weighted by Crippen LogP contribution is -2.23. The average molecular weight is 361 g/mol. The van der Waals surface area contributed by atoms with Crippen molar-refractivity contribution in [1.29, 1.82) is 0 Å². The summed E-state index contributed by atoms with van der Waals surface area (Å²) in [6.45, 7) is 2.54. The maximum atomic E-state index is 14.1. The number of rotatable bonds is 4. The van der Waals surface area contributed by atoms with Crippen LogP contribution >= 0.6 is 27.5 Å². The Labute approximate surface area is 130 Å². The molecular weight excluding hydrogens is 348 g/mol. The molecule has 106 valence electrons. The van der Waals surface area contributed by atoms with Gasteiger partial charge in [0, 0.05) is 10.6 Å². The minimum absolute atomic E-state index is 0.337. The van der Waals surface area contributed by atoms with Gasteiger partial charge in [-0.2, -0.15) is 0 Å². The first kappa shape index (κ1) is 15.4. The Hall–Kier alpha value is -0.970. The first-order valence-corrected chi connectivity index (χ1v) is 7.33. The summed E-state index contributed by atoms with van der Waals surface area (Å²) in [5, 5.41) is 3.49. The van der Waals surface area contributed by atoms with E-state index in [0.29, 0.717) is 27.2 Å². The molecule has 0 aliphatic heterocycles. The number of hydrogen-bond donors (Lipinski definition) is 1. The van der Waals surface area contributed by atoms with Gasteiger partial charge >= 0.3 is 0 Å². The molecule has 0 bridgehead atoms. The third-order valence-corrected chi connectivity index (χ3v) is 3.84. The lowest BCUT2D eigenvalue weighted by Gasteiger charge is -2.20. The molecule has 0 radical (unpaired) electrons. The van der Waals surface area contributed by atoms with Gasteiger partial charge in [0.05, 0.1) is 10.5 Å². The minimum atomic E-state index is -0.417. The van der Waals surface area contributed by atoms with Crippen molar-refractivity contribution in [3.8, 4) is 0 Å². The molecule has 1 atom stereocenters. The average Bonchev–Trinajstić information content (AvgIpc) is 2.40. The smallest absolute Gasteiger partial charge is 0.137 e. The Morgan fingerprint density at radius 2 is 1.90 bits per heavy atom. The molecule has 2 aromatic rings. The molecule has 2 rings (SSSR count). The van der Waals surface area contributed by atoms with Crippen LogP contribution in [0.1, 0.15) is 24.1 Å². The molecule has 5 heteroatoms. The lowest BCUT2D eigenvalue weighted by atomic mass is 9.98. The molecule has 0 amide bonds. The van der Waals surface area contributed by atoms with Crippen LogP contribution in [0.3, 0.4) is 0 Å². The molecule has 1 N–H and O–H groups in total. The van der Waals surface area contributed by atoms with Crippen LogP contribution in [-0.4, -0.2) is 6.54 Å². The van der Waals surface area contributed by atoms with Crippen LogP contribution in [-0.2, 0) is 0 Å². The van der Waals surface area contributed by atoms with Gasteiger partial charge in [-0.15, -0.1) is 0 Å². The van der Waals surface area contributed by atoms with Gasteiger partial charge in [-0.25, -0.2) is 8.78 Å². The van der Waals surface area contributed by atoms with E-state index in [0.717, 1.165) is 0 Å². The van der Waals surface area contributed by atoms with E-state index >= 15 is 0 Å². The van der Waals surface area contributed by atoms with Gasteiger partial charge in [-0.3, -0.25) is 0 Å². The van der Waals surface area contributed by atoms with Crippen molar-refractivity contribution < 1.29 is 8.78 Å². The minimum Gasteiger partial charge on any atom is -0.306 e. The van der Waals surface area contributed by atoms with Crippen LogP contribution in [0.15, 0.2) is 40.9 Å². The number of halogens is 4. The zero-order chi connectivity index (χ0) is 14.7. The lowest BCUT2D eigenvalue weighted by molar-refractivity contribution is 0.554. The molecule has 0 aliphatic rings. The van der Waals surface area contributed by atoms with E-state index in [1.807, 2.05) is 6.92 Å². The molecular formula is C15H13BrClF2N. The van der Waals surface area contributed by atoms with E-state index in [4.69, 9.17) is 11.6 Å². The highest BCUT2D eigenvalue weighted by atomic mass is 79.9. The van der Waals surface area contributed by atoms with Gasteiger partial charge in [0.25, 0.3) is 0 Å². The van der Waals surface area contributed by atoms with Crippen molar-refractivity contribution in [2.24, 2.45) is 0 Å². The summed E-state index contributed by atoms with van der Waals surface area (Å²) in [7, 11) is 0. The predicted molar refractivity (Wildman–Crippen MR) is 81.0 cm³/mol. The summed E-state index contributed by atoms with van der Waals surface area (Å²) in [6, 6.07) is 8.85. The summed E-state index contributed by atoms with van der Waals surface area (Å²) in [5.74, 6) is -0.786. The van der Waals surface area contributed by atoms with E-state index in [-0.39, 0.29) is 5.82 Å². The quantitative estimate of drug-likeness (QED) is 0.802. The largest absolute Gasteiger partial charge is 0.306 e. The number of hydrogen-bond acceptors (Lipinski definition) is 1. The molecule has 2 aromatic carbocycles. The van der Waals surface area contributed by atoms with Gasteiger partial charge in [0.1, 0.15) is 11.6 Å². The molecule has 0 aliphatic carbocycles. The Bertz CT molecular complexity index is 619. The Morgan fingerprint density at radius 1 is 1.15 bits per heavy atom. The van der Waals surface area contributed by atoms with Crippen molar-refractivity contribution in [1.82, 2.24) is 5.32 Å². The van der Waals surface area contributed by atoms with E-state index in [1.165, 1.54) is 12.1 Å². The van der Waals surface area contributed by atoms with Crippen molar-refractivity contribution in [2.45, 2.75) is 13.0 Å². The fourth-order valence-electron chi connectivity index (χ4n) is 2.04. The Kier molecular flexibility index (Phi) is 5.13. The van der Waals surface area contributed by atoms with Crippen LogP contribution in [0.5, 0.6) is 0 Å². The second-order valence-electron chi connectivity index (χ2n) is 4.33. The first-order valence-electron chi connectivity index (χ1n) is 6.16.